The number of aromatic nitrogens is 2. The Kier molecular flexibility index (Phi) is 2.37. The summed E-state index contributed by atoms with van der Waals surface area (Å²) in [7, 11) is 0. The molecule has 1 heterocycles. The molecule has 1 amide bonds. The average Bonchev–Trinajstić information content (AvgIpc) is 2.05. The van der Waals surface area contributed by atoms with Gasteiger partial charge in [0.25, 0.3) is 0 Å². The lowest BCUT2D eigenvalue weighted by molar-refractivity contribution is -0.113. The summed E-state index contributed by atoms with van der Waals surface area (Å²) in [5.41, 5.74) is 11.1. The fourth-order valence-electron chi connectivity index (χ4n) is 0.689. The molecule has 0 saturated carbocycles. The molecule has 0 unspecified atom stereocenters. The summed E-state index contributed by atoms with van der Waals surface area (Å²) in [4.78, 5) is 17.9. The molecule has 0 radical (unpaired) electrons. The second-order valence-corrected chi connectivity index (χ2v) is 2.10. The summed E-state index contributed by atoms with van der Waals surface area (Å²) in [5.74, 6) is -0.592. The summed E-state index contributed by atoms with van der Waals surface area (Å²) < 4.78 is 0. The zero-order valence-corrected chi connectivity index (χ0v) is 6.27. The van der Waals surface area contributed by atoms with Crippen LogP contribution in [-0.2, 0) is 4.79 Å². The van der Waals surface area contributed by atoms with Crippen molar-refractivity contribution >= 4 is 11.6 Å². The Morgan fingerprint density at radius 3 is 2.75 bits per heavy atom. The summed E-state index contributed by atoms with van der Waals surface area (Å²) in [6.45, 7) is 0. The van der Waals surface area contributed by atoms with Crippen molar-refractivity contribution in [3.05, 3.63) is 30.4 Å². The van der Waals surface area contributed by atoms with Crippen molar-refractivity contribution in [3.63, 3.8) is 0 Å². The second kappa shape index (κ2) is 3.47. The van der Waals surface area contributed by atoms with E-state index in [0.717, 1.165) is 6.08 Å². The monoisotopic (exact) mass is 164 g/mol. The molecule has 12 heavy (non-hydrogen) atoms. The molecular formula is C7H8N4O. The Bertz CT molecular complexity index is 306. The van der Waals surface area contributed by atoms with Gasteiger partial charge in [-0.25, -0.2) is 9.97 Å². The number of hydrogen-bond acceptors (Lipinski definition) is 4. The number of nitrogens with zero attached hydrogens (tertiary/aromatic N) is 2. The fraction of sp³-hybridized carbons (Fsp3) is 0. The first-order valence-electron chi connectivity index (χ1n) is 3.23. The summed E-state index contributed by atoms with van der Waals surface area (Å²) in [6, 6.07) is 1.59. The van der Waals surface area contributed by atoms with E-state index in [4.69, 9.17) is 11.5 Å². The standard InChI is InChI=1S/C7H8N4O/c8-5(3-7(9)12)6-1-2-10-4-11-6/h1-4H,8H2,(H2,9,12)/b5-3-. The van der Waals surface area contributed by atoms with Gasteiger partial charge in [0.05, 0.1) is 11.4 Å². The number of carbonyl (C=O) groups excluding carboxylic acids is 1. The minimum atomic E-state index is -0.592. The first-order chi connectivity index (χ1) is 5.70. The molecule has 0 saturated heterocycles. The van der Waals surface area contributed by atoms with Crippen molar-refractivity contribution in [3.8, 4) is 0 Å². The fourth-order valence-corrected chi connectivity index (χ4v) is 0.689. The second-order valence-electron chi connectivity index (χ2n) is 2.10. The van der Waals surface area contributed by atoms with E-state index in [2.05, 4.69) is 9.97 Å². The zero-order valence-electron chi connectivity index (χ0n) is 6.27. The maximum Gasteiger partial charge on any atom is 0.243 e. The molecule has 0 aliphatic heterocycles. The highest BCUT2D eigenvalue weighted by Crippen LogP contribution is 2.01. The van der Waals surface area contributed by atoms with Crippen molar-refractivity contribution in [2.45, 2.75) is 0 Å². The Morgan fingerprint density at radius 1 is 1.50 bits per heavy atom. The van der Waals surface area contributed by atoms with Crippen LogP contribution in [0.5, 0.6) is 0 Å². The highest BCUT2D eigenvalue weighted by Gasteiger charge is 1.97. The van der Waals surface area contributed by atoms with Crippen molar-refractivity contribution < 1.29 is 4.79 Å². The zero-order chi connectivity index (χ0) is 8.97. The Labute approximate surface area is 69.1 Å². The summed E-state index contributed by atoms with van der Waals surface area (Å²) in [6.07, 6.45) is 3.99. The van der Waals surface area contributed by atoms with Crippen LogP contribution in [0.15, 0.2) is 24.7 Å². The predicted molar refractivity (Wildman–Crippen MR) is 43.4 cm³/mol. The van der Waals surface area contributed by atoms with Crippen LogP contribution in [0.3, 0.4) is 0 Å². The van der Waals surface area contributed by atoms with E-state index in [1.54, 1.807) is 6.07 Å². The van der Waals surface area contributed by atoms with E-state index in [1.165, 1.54) is 12.5 Å². The van der Waals surface area contributed by atoms with Crippen LogP contribution < -0.4 is 11.5 Å². The van der Waals surface area contributed by atoms with Gasteiger partial charge in [0, 0.05) is 12.3 Å². The lowest BCUT2D eigenvalue weighted by atomic mass is 10.3. The van der Waals surface area contributed by atoms with E-state index < -0.39 is 5.91 Å². The molecule has 5 nitrogen and oxygen atoms in total. The smallest absolute Gasteiger partial charge is 0.243 e. The minimum Gasteiger partial charge on any atom is -0.397 e. The van der Waals surface area contributed by atoms with Gasteiger partial charge in [-0.1, -0.05) is 0 Å². The van der Waals surface area contributed by atoms with Crippen LogP contribution in [-0.4, -0.2) is 15.9 Å². The Hall–Kier alpha value is -1.91. The van der Waals surface area contributed by atoms with Crippen LogP contribution in [0, 0.1) is 0 Å². The molecule has 0 atom stereocenters. The van der Waals surface area contributed by atoms with Gasteiger partial charge in [0.2, 0.25) is 5.91 Å². The maximum atomic E-state index is 10.4. The normalized spacial score (nSPS) is 11.2. The van der Waals surface area contributed by atoms with Gasteiger partial charge in [-0.3, -0.25) is 4.79 Å². The van der Waals surface area contributed by atoms with Crippen molar-refractivity contribution in [2.75, 3.05) is 0 Å². The van der Waals surface area contributed by atoms with Crippen LogP contribution in [0.2, 0.25) is 0 Å². The number of nitrogens with two attached hydrogens (primary N) is 2. The van der Waals surface area contributed by atoms with Crippen molar-refractivity contribution in [1.29, 1.82) is 0 Å². The lowest BCUT2D eigenvalue weighted by Gasteiger charge is -1.96. The molecular weight excluding hydrogens is 156 g/mol. The highest BCUT2D eigenvalue weighted by atomic mass is 16.1. The molecule has 0 bridgehead atoms. The predicted octanol–water partition coefficient (Wildman–Crippen LogP) is -0.739. The molecule has 0 fully saturated rings. The van der Waals surface area contributed by atoms with E-state index in [9.17, 15) is 4.79 Å². The van der Waals surface area contributed by atoms with Crippen LogP contribution in [0.1, 0.15) is 5.69 Å². The number of amides is 1. The highest BCUT2D eigenvalue weighted by molar-refractivity contribution is 5.92. The Balaban J connectivity index is 2.93. The first-order valence-corrected chi connectivity index (χ1v) is 3.23. The number of primary amides is 1. The molecule has 5 heteroatoms. The third-order valence-electron chi connectivity index (χ3n) is 1.18. The molecule has 1 aromatic heterocycles. The van der Waals surface area contributed by atoms with E-state index in [1.807, 2.05) is 0 Å². The number of carbonyl (C=O) groups is 1. The molecule has 4 N–H and O–H groups in total. The van der Waals surface area contributed by atoms with Gasteiger partial charge in [-0.05, 0) is 6.07 Å². The summed E-state index contributed by atoms with van der Waals surface area (Å²) in [5, 5.41) is 0. The Morgan fingerprint density at radius 2 is 2.25 bits per heavy atom. The SMILES string of the molecule is NC(=O)/C=C(\N)c1ccncn1. The van der Waals surface area contributed by atoms with Gasteiger partial charge >= 0.3 is 0 Å². The lowest BCUT2D eigenvalue weighted by Crippen LogP contribution is -2.10. The van der Waals surface area contributed by atoms with Crippen LogP contribution >= 0.6 is 0 Å². The third kappa shape index (κ3) is 2.05. The molecule has 0 aromatic carbocycles. The molecule has 62 valence electrons. The van der Waals surface area contributed by atoms with Crippen molar-refractivity contribution in [1.82, 2.24) is 9.97 Å². The third-order valence-corrected chi connectivity index (χ3v) is 1.18. The van der Waals surface area contributed by atoms with E-state index in [-0.39, 0.29) is 5.70 Å². The molecule has 0 aliphatic rings. The molecule has 1 rings (SSSR count). The topological polar surface area (TPSA) is 94.9 Å². The maximum absolute atomic E-state index is 10.4. The quantitative estimate of drug-likeness (QED) is 0.563. The van der Waals surface area contributed by atoms with E-state index >= 15 is 0 Å². The van der Waals surface area contributed by atoms with Gasteiger partial charge in [0.15, 0.2) is 0 Å². The van der Waals surface area contributed by atoms with Crippen LogP contribution in [0.4, 0.5) is 0 Å². The van der Waals surface area contributed by atoms with Gasteiger partial charge in [-0.15, -0.1) is 0 Å². The van der Waals surface area contributed by atoms with Crippen LogP contribution in [0.25, 0.3) is 5.70 Å². The largest absolute Gasteiger partial charge is 0.397 e. The molecule has 1 aromatic rings. The summed E-state index contributed by atoms with van der Waals surface area (Å²) >= 11 is 0. The first kappa shape index (κ1) is 8.19. The van der Waals surface area contributed by atoms with Gasteiger partial charge < -0.3 is 11.5 Å². The van der Waals surface area contributed by atoms with E-state index in [0.29, 0.717) is 5.69 Å². The molecule has 0 aliphatic carbocycles. The molecule has 0 spiro atoms. The minimum absolute atomic E-state index is 0.241. The average molecular weight is 164 g/mol. The van der Waals surface area contributed by atoms with Gasteiger partial charge in [-0.2, -0.15) is 0 Å². The number of rotatable bonds is 2. The number of hydrogen-bond donors (Lipinski definition) is 2. The van der Waals surface area contributed by atoms with Crippen molar-refractivity contribution in [2.24, 2.45) is 11.5 Å². The van der Waals surface area contributed by atoms with Gasteiger partial charge in [0.1, 0.15) is 6.33 Å².